The maximum atomic E-state index is 11.2. The Morgan fingerprint density at radius 1 is 1.35 bits per heavy atom. The summed E-state index contributed by atoms with van der Waals surface area (Å²) in [6, 6.07) is 1.20. The van der Waals surface area contributed by atoms with Gasteiger partial charge in [0.1, 0.15) is 0 Å². The number of carbonyl (C=O) groups is 1. The molecule has 2 atom stereocenters. The Bertz CT molecular complexity index is 234. The number of hydrogen-bond acceptors (Lipinski definition) is 2. The third-order valence-corrected chi connectivity index (χ3v) is 3.91. The molecular weight excluding hydrogens is 212 g/mol. The molecule has 1 aliphatic heterocycles. The van der Waals surface area contributed by atoms with Crippen molar-refractivity contribution in [1.29, 1.82) is 0 Å². The fourth-order valence-electron chi connectivity index (χ4n) is 2.60. The molecule has 3 nitrogen and oxygen atoms in total. The molecule has 1 amide bonds. The van der Waals surface area contributed by atoms with Gasteiger partial charge in [-0.3, -0.25) is 4.79 Å². The highest BCUT2D eigenvalue weighted by molar-refractivity contribution is 5.73. The van der Waals surface area contributed by atoms with Crippen molar-refractivity contribution < 1.29 is 4.79 Å². The van der Waals surface area contributed by atoms with Crippen LogP contribution in [-0.2, 0) is 4.79 Å². The van der Waals surface area contributed by atoms with E-state index < -0.39 is 0 Å². The molecule has 17 heavy (non-hydrogen) atoms. The van der Waals surface area contributed by atoms with Crippen LogP contribution in [0.3, 0.4) is 0 Å². The number of piperidine rings is 1. The van der Waals surface area contributed by atoms with E-state index in [0.717, 1.165) is 31.8 Å². The lowest BCUT2D eigenvalue weighted by atomic mass is 9.98. The van der Waals surface area contributed by atoms with Gasteiger partial charge < -0.3 is 10.2 Å². The summed E-state index contributed by atoms with van der Waals surface area (Å²) in [5.74, 6) is 1.02. The first-order valence-corrected chi connectivity index (χ1v) is 7.04. The van der Waals surface area contributed by atoms with Gasteiger partial charge in [0.15, 0.2) is 0 Å². The number of amides is 1. The summed E-state index contributed by atoms with van der Waals surface area (Å²) >= 11 is 0. The van der Waals surface area contributed by atoms with E-state index >= 15 is 0 Å². The van der Waals surface area contributed by atoms with Crippen LogP contribution >= 0.6 is 0 Å². The molecule has 1 aliphatic rings. The summed E-state index contributed by atoms with van der Waals surface area (Å²) in [5, 5.41) is 3.71. The van der Waals surface area contributed by atoms with E-state index in [4.69, 9.17) is 0 Å². The van der Waals surface area contributed by atoms with Crippen molar-refractivity contribution in [2.45, 2.75) is 65.5 Å². The number of carbonyl (C=O) groups excluding carboxylic acids is 1. The molecule has 0 radical (unpaired) electrons. The third-order valence-electron chi connectivity index (χ3n) is 3.91. The minimum Gasteiger partial charge on any atom is -0.343 e. The number of rotatable bonds is 5. The van der Waals surface area contributed by atoms with Gasteiger partial charge in [-0.25, -0.2) is 0 Å². The predicted molar refractivity (Wildman–Crippen MR) is 71.9 cm³/mol. The zero-order valence-electron chi connectivity index (χ0n) is 11.8. The SMILES string of the molecule is CCC(C)CC(C)NC1CCN(C(C)=O)CC1. The maximum absolute atomic E-state index is 11.2. The number of hydrogen-bond donors (Lipinski definition) is 1. The average Bonchev–Trinajstić information content (AvgIpc) is 2.29. The fourth-order valence-corrected chi connectivity index (χ4v) is 2.60. The van der Waals surface area contributed by atoms with Crippen LogP contribution in [0.1, 0.15) is 53.4 Å². The Morgan fingerprint density at radius 3 is 2.41 bits per heavy atom. The van der Waals surface area contributed by atoms with Gasteiger partial charge in [0, 0.05) is 32.1 Å². The highest BCUT2D eigenvalue weighted by Gasteiger charge is 2.21. The molecule has 0 spiro atoms. The van der Waals surface area contributed by atoms with Gasteiger partial charge in [-0.1, -0.05) is 20.3 Å². The van der Waals surface area contributed by atoms with Crippen LogP contribution in [0.2, 0.25) is 0 Å². The Balaban J connectivity index is 2.23. The molecule has 1 heterocycles. The van der Waals surface area contributed by atoms with Crippen LogP contribution in [0.4, 0.5) is 0 Å². The van der Waals surface area contributed by atoms with Crippen molar-refractivity contribution in [3.8, 4) is 0 Å². The molecule has 1 saturated heterocycles. The van der Waals surface area contributed by atoms with Crippen LogP contribution in [0, 0.1) is 5.92 Å². The van der Waals surface area contributed by atoms with Gasteiger partial charge in [-0.2, -0.15) is 0 Å². The van der Waals surface area contributed by atoms with Gasteiger partial charge >= 0.3 is 0 Å². The molecule has 0 bridgehead atoms. The first kappa shape index (κ1) is 14.5. The number of likely N-dealkylation sites (tertiary alicyclic amines) is 1. The van der Waals surface area contributed by atoms with E-state index in [1.165, 1.54) is 12.8 Å². The van der Waals surface area contributed by atoms with Gasteiger partial charge in [0.2, 0.25) is 5.91 Å². The Hall–Kier alpha value is -0.570. The minimum absolute atomic E-state index is 0.219. The van der Waals surface area contributed by atoms with Crippen LogP contribution < -0.4 is 5.32 Å². The normalized spacial score (nSPS) is 21.3. The Kier molecular flexibility index (Phi) is 5.96. The monoisotopic (exact) mass is 240 g/mol. The molecule has 1 fully saturated rings. The highest BCUT2D eigenvalue weighted by atomic mass is 16.2. The molecule has 0 aromatic rings. The van der Waals surface area contributed by atoms with Crippen molar-refractivity contribution in [3.05, 3.63) is 0 Å². The highest BCUT2D eigenvalue weighted by Crippen LogP contribution is 2.14. The second kappa shape index (κ2) is 7.00. The molecule has 3 heteroatoms. The minimum atomic E-state index is 0.219. The van der Waals surface area contributed by atoms with Crippen molar-refractivity contribution in [2.24, 2.45) is 5.92 Å². The van der Waals surface area contributed by atoms with Crippen molar-refractivity contribution in [3.63, 3.8) is 0 Å². The van der Waals surface area contributed by atoms with Gasteiger partial charge in [-0.05, 0) is 32.1 Å². The van der Waals surface area contributed by atoms with Crippen molar-refractivity contribution in [1.82, 2.24) is 10.2 Å². The smallest absolute Gasteiger partial charge is 0.219 e. The first-order valence-electron chi connectivity index (χ1n) is 7.04. The van der Waals surface area contributed by atoms with Crippen LogP contribution in [0.15, 0.2) is 0 Å². The summed E-state index contributed by atoms with van der Waals surface area (Å²) in [5.41, 5.74) is 0. The lowest BCUT2D eigenvalue weighted by molar-refractivity contribution is -0.129. The van der Waals surface area contributed by atoms with Crippen LogP contribution in [0.25, 0.3) is 0 Å². The standard InChI is InChI=1S/C14H28N2O/c1-5-11(2)10-12(3)15-14-6-8-16(9-7-14)13(4)17/h11-12,14-15H,5-10H2,1-4H3. The number of nitrogens with one attached hydrogen (secondary N) is 1. The van der Waals surface area contributed by atoms with E-state index in [9.17, 15) is 4.79 Å². The molecule has 0 aliphatic carbocycles. The summed E-state index contributed by atoms with van der Waals surface area (Å²) in [4.78, 5) is 13.2. The summed E-state index contributed by atoms with van der Waals surface area (Å²) in [6.45, 7) is 10.4. The molecule has 0 saturated carbocycles. The van der Waals surface area contributed by atoms with E-state index in [0.29, 0.717) is 12.1 Å². The van der Waals surface area contributed by atoms with Crippen LogP contribution in [0.5, 0.6) is 0 Å². The van der Waals surface area contributed by atoms with E-state index in [1.54, 1.807) is 6.92 Å². The van der Waals surface area contributed by atoms with E-state index in [2.05, 4.69) is 26.1 Å². The van der Waals surface area contributed by atoms with Crippen LogP contribution in [-0.4, -0.2) is 36.0 Å². The topological polar surface area (TPSA) is 32.3 Å². The molecule has 1 rings (SSSR count). The third kappa shape index (κ3) is 5.07. The lowest BCUT2D eigenvalue weighted by Gasteiger charge is -2.33. The summed E-state index contributed by atoms with van der Waals surface area (Å²) in [7, 11) is 0. The zero-order chi connectivity index (χ0) is 12.8. The summed E-state index contributed by atoms with van der Waals surface area (Å²) < 4.78 is 0. The van der Waals surface area contributed by atoms with Gasteiger partial charge in [0.25, 0.3) is 0 Å². The van der Waals surface area contributed by atoms with Gasteiger partial charge in [-0.15, -0.1) is 0 Å². The second-order valence-corrected chi connectivity index (χ2v) is 5.60. The van der Waals surface area contributed by atoms with E-state index in [-0.39, 0.29) is 5.91 Å². The maximum Gasteiger partial charge on any atom is 0.219 e. The second-order valence-electron chi connectivity index (χ2n) is 5.60. The van der Waals surface area contributed by atoms with Gasteiger partial charge in [0.05, 0.1) is 0 Å². The molecule has 0 aromatic carbocycles. The molecule has 100 valence electrons. The van der Waals surface area contributed by atoms with Crippen molar-refractivity contribution in [2.75, 3.05) is 13.1 Å². The summed E-state index contributed by atoms with van der Waals surface area (Å²) in [6.07, 6.45) is 4.72. The largest absolute Gasteiger partial charge is 0.343 e. The quantitative estimate of drug-likeness (QED) is 0.800. The molecular formula is C14H28N2O. The first-order chi connectivity index (χ1) is 8.02. The molecule has 0 aromatic heterocycles. The molecule has 2 unspecified atom stereocenters. The lowest BCUT2D eigenvalue weighted by Crippen LogP contribution is -2.46. The fraction of sp³-hybridized carbons (Fsp3) is 0.929. The van der Waals surface area contributed by atoms with Crippen molar-refractivity contribution >= 4 is 5.91 Å². The predicted octanol–water partition coefficient (Wildman–Crippen LogP) is 2.41. The average molecular weight is 240 g/mol. The Morgan fingerprint density at radius 2 is 1.94 bits per heavy atom. The Labute approximate surface area is 106 Å². The van der Waals surface area contributed by atoms with E-state index in [1.807, 2.05) is 4.90 Å². The zero-order valence-corrected chi connectivity index (χ0v) is 11.8. The number of nitrogens with zero attached hydrogens (tertiary/aromatic N) is 1. The molecule has 1 N–H and O–H groups in total.